The molecule has 1 aliphatic heterocycles. The quantitative estimate of drug-likeness (QED) is 0.838. The molecule has 2 unspecified atom stereocenters. The molecule has 120 valence electrons. The summed E-state index contributed by atoms with van der Waals surface area (Å²) in [5, 5.41) is 12.0. The number of likely N-dealkylation sites (tertiary alicyclic amines) is 1. The molecule has 2 aliphatic rings. The van der Waals surface area contributed by atoms with E-state index in [2.05, 4.69) is 12.2 Å². The highest BCUT2D eigenvalue weighted by atomic mass is 16.4. The van der Waals surface area contributed by atoms with Crippen LogP contribution >= 0.6 is 0 Å². The molecule has 2 rings (SSSR count). The second kappa shape index (κ2) is 7.66. The average molecular weight is 296 g/mol. The van der Waals surface area contributed by atoms with Crippen molar-refractivity contribution in [1.29, 1.82) is 0 Å². The number of hydrogen-bond acceptors (Lipinski definition) is 2. The summed E-state index contributed by atoms with van der Waals surface area (Å²) in [6.07, 6.45) is 8.27. The number of rotatable bonds is 4. The Morgan fingerprint density at radius 3 is 2.57 bits per heavy atom. The predicted octanol–water partition coefficient (Wildman–Crippen LogP) is 2.85. The zero-order valence-electron chi connectivity index (χ0n) is 13.0. The maximum absolute atomic E-state index is 12.3. The van der Waals surface area contributed by atoms with Crippen LogP contribution in [0.3, 0.4) is 0 Å². The molecular weight excluding hydrogens is 268 g/mol. The molecule has 1 saturated carbocycles. The van der Waals surface area contributed by atoms with Crippen molar-refractivity contribution in [2.24, 2.45) is 11.8 Å². The predicted molar refractivity (Wildman–Crippen MR) is 81.1 cm³/mol. The van der Waals surface area contributed by atoms with E-state index in [1.807, 2.05) is 0 Å². The van der Waals surface area contributed by atoms with E-state index in [1.54, 1.807) is 4.90 Å². The van der Waals surface area contributed by atoms with Crippen molar-refractivity contribution in [3.63, 3.8) is 0 Å². The molecule has 0 bridgehead atoms. The van der Waals surface area contributed by atoms with Crippen LogP contribution in [-0.4, -0.2) is 41.1 Å². The van der Waals surface area contributed by atoms with E-state index in [9.17, 15) is 9.59 Å². The SMILES string of the molecule is CC(NC(=O)N1CCCC(CC(=O)O)C1)C1CCCCC1. The minimum atomic E-state index is -0.766. The number of aliphatic carboxylic acids is 1. The number of nitrogens with one attached hydrogen (secondary N) is 1. The second-order valence-corrected chi connectivity index (χ2v) is 6.69. The first kappa shape index (κ1) is 16.1. The third-order valence-corrected chi connectivity index (χ3v) is 4.98. The Labute approximate surface area is 127 Å². The maximum atomic E-state index is 12.3. The third kappa shape index (κ3) is 4.90. The number of carboxylic acid groups (broad SMARTS) is 1. The summed E-state index contributed by atoms with van der Waals surface area (Å²) in [7, 11) is 0. The van der Waals surface area contributed by atoms with Gasteiger partial charge in [-0.25, -0.2) is 4.79 Å². The van der Waals surface area contributed by atoms with Crippen molar-refractivity contribution >= 4 is 12.0 Å². The van der Waals surface area contributed by atoms with Crippen LogP contribution in [0.1, 0.15) is 58.3 Å². The van der Waals surface area contributed by atoms with E-state index in [0.717, 1.165) is 19.4 Å². The highest BCUT2D eigenvalue weighted by Gasteiger charge is 2.27. The molecule has 0 spiro atoms. The Morgan fingerprint density at radius 1 is 1.19 bits per heavy atom. The molecule has 1 saturated heterocycles. The number of nitrogens with zero attached hydrogens (tertiary/aromatic N) is 1. The number of piperidine rings is 1. The Hall–Kier alpha value is -1.26. The van der Waals surface area contributed by atoms with Gasteiger partial charge in [0.2, 0.25) is 0 Å². The summed E-state index contributed by atoms with van der Waals surface area (Å²) >= 11 is 0. The summed E-state index contributed by atoms with van der Waals surface area (Å²) in [5.74, 6) is -0.0628. The number of carbonyl (C=O) groups is 2. The smallest absolute Gasteiger partial charge is 0.317 e. The summed E-state index contributed by atoms with van der Waals surface area (Å²) in [4.78, 5) is 25.0. The lowest BCUT2D eigenvalue weighted by molar-refractivity contribution is -0.138. The normalized spacial score (nSPS) is 25.4. The van der Waals surface area contributed by atoms with E-state index in [1.165, 1.54) is 32.1 Å². The zero-order chi connectivity index (χ0) is 15.2. The number of amides is 2. The fourth-order valence-electron chi connectivity index (χ4n) is 3.70. The van der Waals surface area contributed by atoms with Crippen LogP contribution in [0, 0.1) is 11.8 Å². The number of carboxylic acids is 1. The van der Waals surface area contributed by atoms with Gasteiger partial charge in [-0.05, 0) is 44.4 Å². The minimum absolute atomic E-state index is 0.0110. The second-order valence-electron chi connectivity index (χ2n) is 6.69. The van der Waals surface area contributed by atoms with Crippen molar-refractivity contribution in [3.8, 4) is 0 Å². The van der Waals surface area contributed by atoms with Gasteiger partial charge in [0.05, 0.1) is 0 Å². The molecule has 21 heavy (non-hydrogen) atoms. The Balaban J connectivity index is 1.80. The summed E-state index contributed by atoms with van der Waals surface area (Å²) < 4.78 is 0. The third-order valence-electron chi connectivity index (χ3n) is 4.98. The van der Waals surface area contributed by atoms with Gasteiger partial charge in [-0.1, -0.05) is 19.3 Å². The van der Waals surface area contributed by atoms with Gasteiger partial charge < -0.3 is 15.3 Å². The lowest BCUT2D eigenvalue weighted by Gasteiger charge is -2.35. The molecule has 1 aliphatic carbocycles. The first-order valence-corrected chi connectivity index (χ1v) is 8.33. The zero-order valence-corrected chi connectivity index (χ0v) is 13.0. The van der Waals surface area contributed by atoms with Gasteiger partial charge in [-0.3, -0.25) is 4.79 Å². The highest BCUT2D eigenvalue weighted by Crippen LogP contribution is 2.26. The van der Waals surface area contributed by atoms with Crippen LogP contribution in [0.5, 0.6) is 0 Å². The molecule has 2 amide bonds. The van der Waals surface area contributed by atoms with Crippen molar-refractivity contribution in [2.45, 2.75) is 64.3 Å². The molecule has 2 atom stereocenters. The lowest BCUT2D eigenvalue weighted by atomic mass is 9.84. The molecule has 0 radical (unpaired) electrons. The average Bonchev–Trinajstić information content (AvgIpc) is 2.47. The van der Waals surface area contributed by atoms with Gasteiger partial charge in [-0.2, -0.15) is 0 Å². The van der Waals surface area contributed by atoms with Crippen molar-refractivity contribution in [3.05, 3.63) is 0 Å². The van der Waals surface area contributed by atoms with E-state index >= 15 is 0 Å². The van der Waals surface area contributed by atoms with E-state index < -0.39 is 5.97 Å². The van der Waals surface area contributed by atoms with Crippen LogP contribution in [0.15, 0.2) is 0 Å². The van der Waals surface area contributed by atoms with Gasteiger partial charge >= 0.3 is 12.0 Å². The van der Waals surface area contributed by atoms with Gasteiger partial charge in [0.25, 0.3) is 0 Å². The monoisotopic (exact) mass is 296 g/mol. The Bertz CT molecular complexity index is 367. The van der Waals surface area contributed by atoms with Crippen molar-refractivity contribution in [2.75, 3.05) is 13.1 Å². The van der Waals surface area contributed by atoms with E-state index in [4.69, 9.17) is 5.11 Å². The topological polar surface area (TPSA) is 69.6 Å². The molecular formula is C16H28N2O3. The maximum Gasteiger partial charge on any atom is 0.317 e. The van der Waals surface area contributed by atoms with Crippen LogP contribution in [-0.2, 0) is 4.79 Å². The van der Waals surface area contributed by atoms with Crippen molar-refractivity contribution < 1.29 is 14.7 Å². The summed E-state index contributed by atoms with van der Waals surface area (Å²) in [6, 6.07) is 0.209. The van der Waals surface area contributed by atoms with E-state index in [-0.39, 0.29) is 24.4 Å². The molecule has 0 aromatic rings. The van der Waals surface area contributed by atoms with Gasteiger partial charge in [-0.15, -0.1) is 0 Å². The molecule has 0 aromatic heterocycles. The Kier molecular flexibility index (Phi) is 5.88. The molecule has 2 fully saturated rings. The van der Waals surface area contributed by atoms with Crippen LogP contribution in [0.25, 0.3) is 0 Å². The highest BCUT2D eigenvalue weighted by molar-refractivity contribution is 5.75. The summed E-state index contributed by atoms with van der Waals surface area (Å²) in [5.41, 5.74) is 0. The summed E-state index contributed by atoms with van der Waals surface area (Å²) in [6.45, 7) is 3.43. The fraction of sp³-hybridized carbons (Fsp3) is 0.875. The molecule has 0 aromatic carbocycles. The van der Waals surface area contributed by atoms with Gasteiger partial charge in [0.1, 0.15) is 0 Å². The molecule has 2 N–H and O–H groups in total. The van der Waals surface area contributed by atoms with Crippen LogP contribution < -0.4 is 5.32 Å². The van der Waals surface area contributed by atoms with Gasteiger partial charge in [0, 0.05) is 25.6 Å². The number of carbonyl (C=O) groups excluding carboxylic acids is 1. The number of hydrogen-bond donors (Lipinski definition) is 2. The van der Waals surface area contributed by atoms with Crippen molar-refractivity contribution in [1.82, 2.24) is 10.2 Å². The van der Waals surface area contributed by atoms with Crippen LogP contribution in [0.4, 0.5) is 4.79 Å². The molecule has 1 heterocycles. The molecule has 5 heteroatoms. The van der Waals surface area contributed by atoms with Gasteiger partial charge in [0.15, 0.2) is 0 Å². The first-order valence-electron chi connectivity index (χ1n) is 8.33. The largest absolute Gasteiger partial charge is 0.481 e. The van der Waals surface area contributed by atoms with E-state index in [0.29, 0.717) is 12.5 Å². The minimum Gasteiger partial charge on any atom is -0.481 e. The van der Waals surface area contributed by atoms with Crippen LogP contribution in [0.2, 0.25) is 0 Å². The lowest BCUT2D eigenvalue weighted by Crippen LogP contribution is -2.50. The first-order chi connectivity index (χ1) is 10.1. The Morgan fingerprint density at radius 2 is 1.90 bits per heavy atom. The standard InChI is InChI=1S/C16H28N2O3/c1-12(14-7-3-2-4-8-14)17-16(21)18-9-5-6-13(11-18)10-15(19)20/h12-14H,2-11H2,1H3,(H,17,21)(H,19,20). The number of urea groups is 1. The molecule has 5 nitrogen and oxygen atoms in total. The fourth-order valence-corrected chi connectivity index (χ4v) is 3.70.